The van der Waals surface area contributed by atoms with Crippen molar-refractivity contribution in [2.24, 2.45) is 0 Å². The topological polar surface area (TPSA) is 82.0 Å². The van der Waals surface area contributed by atoms with E-state index in [1.54, 1.807) is 0 Å². The number of nitrogens with zero attached hydrogens (tertiary/aromatic N) is 2. The molecule has 1 heterocycles. The summed E-state index contributed by atoms with van der Waals surface area (Å²) < 4.78 is 24.6. The molecule has 5 nitrogen and oxygen atoms in total. The molecule has 0 amide bonds. The monoisotopic (exact) mass is 223 g/mol. The zero-order valence-electron chi connectivity index (χ0n) is 6.58. The molecule has 0 radical (unpaired) electrons. The first-order valence-corrected chi connectivity index (χ1v) is 3.69. The van der Waals surface area contributed by atoms with Crippen molar-refractivity contribution in [1.82, 2.24) is 4.98 Å². The lowest BCUT2D eigenvalue weighted by Gasteiger charge is -2.04. The molecule has 0 aliphatic carbocycles. The van der Waals surface area contributed by atoms with Gasteiger partial charge in [0.05, 0.1) is 5.69 Å². The largest absolute Gasteiger partial charge is 0.398 e. The summed E-state index contributed by atoms with van der Waals surface area (Å²) in [6.07, 6.45) is -3.06. The average molecular weight is 224 g/mol. The van der Waals surface area contributed by atoms with Crippen molar-refractivity contribution < 1.29 is 13.7 Å². The van der Waals surface area contributed by atoms with Crippen LogP contribution >= 0.6 is 11.6 Å². The lowest BCUT2D eigenvalue weighted by atomic mass is 10.2. The molecule has 14 heavy (non-hydrogen) atoms. The Kier molecular flexibility index (Phi) is 2.80. The number of hydrogen-bond acceptors (Lipinski definition) is 4. The van der Waals surface area contributed by atoms with Gasteiger partial charge in [-0.1, -0.05) is 0 Å². The van der Waals surface area contributed by atoms with E-state index in [1.807, 2.05) is 0 Å². The molecule has 76 valence electrons. The van der Waals surface area contributed by atoms with E-state index in [2.05, 4.69) is 4.98 Å². The molecule has 1 aromatic rings. The lowest BCUT2D eigenvalue weighted by molar-refractivity contribution is -0.390. The predicted octanol–water partition coefficient (Wildman–Crippen LogP) is 2.16. The summed E-state index contributed by atoms with van der Waals surface area (Å²) in [6.45, 7) is 0. The molecule has 0 saturated heterocycles. The van der Waals surface area contributed by atoms with Crippen molar-refractivity contribution in [1.29, 1.82) is 0 Å². The van der Waals surface area contributed by atoms with E-state index >= 15 is 0 Å². The van der Waals surface area contributed by atoms with Crippen LogP contribution in [0.25, 0.3) is 0 Å². The minimum Gasteiger partial charge on any atom is -0.398 e. The van der Waals surface area contributed by atoms with Crippen LogP contribution in [0.4, 0.5) is 20.3 Å². The van der Waals surface area contributed by atoms with E-state index in [0.29, 0.717) is 0 Å². The number of halogens is 3. The van der Waals surface area contributed by atoms with Gasteiger partial charge in [0, 0.05) is 6.07 Å². The zero-order chi connectivity index (χ0) is 10.9. The van der Waals surface area contributed by atoms with E-state index in [1.165, 1.54) is 0 Å². The summed E-state index contributed by atoms with van der Waals surface area (Å²) in [7, 11) is 0. The van der Waals surface area contributed by atoms with Crippen molar-refractivity contribution in [3.63, 3.8) is 0 Å². The summed E-state index contributed by atoms with van der Waals surface area (Å²) in [5.74, 6) is -1.01. The molecule has 1 aromatic heterocycles. The molecular weight excluding hydrogens is 220 g/mol. The SMILES string of the molecule is Nc1cc(Cl)nc([N+](=O)[O-])c1C(F)F. The van der Waals surface area contributed by atoms with E-state index in [9.17, 15) is 18.9 Å². The minimum atomic E-state index is -3.06. The summed E-state index contributed by atoms with van der Waals surface area (Å²) in [5, 5.41) is 10.0. The van der Waals surface area contributed by atoms with Gasteiger partial charge < -0.3 is 15.8 Å². The van der Waals surface area contributed by atoms with Crippen LogP contribution in [0.1, 0.15) is 12.0 Å². The van der Waals surface area contributed by atoms with Gasteiger partial charge in [-0.2, -0.15) is 0 Å². The molecule has 0 unspecified atom stereocenters. The Bertz CT molecular complexity index is 386. The highest BCUT2D eigenvalue weighted by Gasteiger charge is 2.27. The van der Waals surface area contributed by atoms with Gasteiger partial charge in [0.1, 0.15) is 5.56 Å². The first kappa shape index (κ1) is 10.6. The molecule has 8 heteroatoms. The first-order chi connectivity index (χ1) is 6.43. The Morgan fingerprint density at radius 1 is 1.64 bits per heavy atom. The second-order valence-corrected chi connectivity index (χ2v) is 2.72. The number of nitrogens with two attached hydrogens (primary N) is 1. The van der Waals surface area contributed by atoms with Gasteiger partial charge in [-0.05, 0) is 21.5 Å². The molecule has 0 fully saturated rings. The fraction of sp³-hybridized carbons (Fsp3) is 0.167. The van der Waals surface area contributed by atoms with E-state index < -0.39 is 28.4 Å². The van der Waals surface area contributed by atoms with Crippen LogP contribution in [0.15, 0.2) is 6.07 Å². The third kappa shape index (κ3) is 1.87. The van der Waals surface area contributed by atoms with Crippen molar-refractivity contribution in [3.8, 4) is 0 Å². The first-order valence-electron chi connectivity index (χ1n) is 3.32. The Morgan fingerprint density at radius 3 is 2.64 bits per heavy atom. The van der Waals surface area contributed by atoms with E-state index in [4.69, 9.17) is 17.3 Å². The Balaban J connectivity index is 3.44. The van der Waals surface area contributed by atoms with Crippen LogP contribution in [0.3, 0.4) is 0 Å². The van der Waals surface area contributed by atoms with Crippen molar-refractivity contribution in [3.05, 3.63) is 26.9 Å². The van der Waals surface area contributed by atoms with Crippen molar-refractivity contribution in [2.45, 2.75) is 6.43 Å². The van der Waals surface area contributed by atoms with Crippen LogP contribution < -0.4 is 5.73 Å². The van der Waals surface area contributed by atoms with Crippen LogP contribution in [-0.2, 0) is 0 Å². The normalized spacial score (nSPS) is 10.6. The van der Waals surface area contributed by atoms with Crippen LogP contribution in [0.2, 0.25) is 5.15 Å². The van der Waals surface area contributed by atoms with Gasteiger partial charge in [-0.3, -0.25) is 0 Å². The summed E-state index contributed by atoms with van der Waals surface area (Å²) in [5.41, 5.74) is 3.81. The van der Waals surface area contributed by atoms with Gasteiger partial charge >= 0.3 is 5.82 Å². The smallest absolute Gasteiger partial charge is 0.376 e. The third-order valence-electron chi connectivity index (χ3n) is 1.43. The van der Waals surface area contributed by atoms with Crippen LogP contribution in [0, 0.1) is 10.1 Å². The standard InChI is InChI=1S/C6H4ClF2N3O2/c7-3-1-2(10)4(5(8)9)6(11-3)12(13)14/h1,5H,(H2,10,11). The Hall–Kier alpha value is -1.50. The summed E-state index contributed by atoms with van der Waals surface area (Å²) >= 11 is 5.33. The maximum atomic E-state index is 12.3. The number of rotatable bonds is 2. The highest BCUT2D eigenvalue weighted by molar-refractivity contribution is 6.29. The fourth-order valence-corrected chi connectivity index (χ4v) is 1.09. The van der Waals surface area contributed by atoms with E-state index in [0.717, 1.165) is 6.07 Å². The van der Waals surface area contributed by atoms with Gasteiger partial charge in [0.2, 0.25) is 5.15 Å². The van der Waals surface area contributed by atoms with Gasteiger partial charge in [-0.15, -0.1) is 0 Å². The fourth-order valence-electron chi connectivity index (χ4n) is 0.892. The maximum absolute atomic E-state index is 12.3. The van der Waals surface area contributed by atoms with Crippen LogP contribution in [0.5, 0.6) is 0 Å². The molecule has 0 saturated carbocycles. The second-order valence-electron chi connectivity index (χ2n) is 2.33. The van der Waals surface area contributed by atoms with Gasteiger partial charge in [0.25, 0.3) is 6.43 Å². The highest BCUT2D eigenvalue weighted by Crippen LogP contribution is 2.33. The number of pyridine rings is 1. The second kappa shape index (κ2) is 3.70. The number of anilines is 1. The average Bonchev–Trinajstić information content (AvgIpc) is 2.01. The number of nitro groups is 1. The van der Waals surface area contributed by atoms with Crippen molar-refractivity contribution in [2.75, 3.05) is 5.73 Å². The minimum absolute atomic E-state index is 0.293. The van der Waals surface area contributed by atoms with E-state index in [-0.39, 0.29) is 5.15 Å². The third-order valence-corrected chi connectivity index (χ3v) is 1.62. The number of hydrogen-bond donors (Lipinski definition) is 1. The number of alkyl halides is 2. The number of aromatic nitrogens is 1. The molecule has 0 aliphatic heterocycles. The molecular formula is C6H4ClF2N3O2. The zero-order valence-corrected chi connectivity index (χ0v) is 7.33. The predicted molar refractivity (Wildman–Crippen MR) is 45.3 cm³/mol. The Labute approximate surface area is 81.6 Å². The van der Waals surface area contributed by atoms with Crippen molar-refractivity contribution >= 4 is 23.1 Å². The van der Waals surface area contributed by atoms with Gasteiger partial charge in [0.15, 0.2) is 0 Å². The molecule has 1 rings (SSSR count). The Morgan fingerprint density at radius 2 is 2.21 bits per heavy atom. The molecule has 0 aromatic carbocycles. The van der Waals surface area contributed by atoms with Crippen LogP contribution in [-0.4, -0.2) is 9.91 Å². The molecule has 0 atom stereocenters. The summed E-state index contributed by atoms with van der Waals surface area (Å²) in [6, 6.07) is 0.941. The molecule has 0 aliphatic rings. The highest BCUT2D eigenvalue weighted by atomic mass is 35.5. The molecule has 0 spiro atoms. The van der Waals surface area contributed by atoms with Gasteiger partial charge in [-0.25, -0.2) is 8.78 Å². The molecule has 0 bridgehead atoms. The number of nitrogen functional groups attached to an aromatic ring is 1. The quantitative estimate of drug-likeness (QED) is 0.473. The maximum Gasteiger partial charge on any atom is 0.376 e. The molecule has 2 N–H and O–H groups in total. The lowest BCUT2D eigenvalue weighted by Crippen LogP contribution is -2.03. The summed E-state index contributed by atoms with van der Waals surface area (Å²) in [4.78, 5) is 12.4.